The first-order valence-corrected chi connectivity index (χ1v) is 9.03. The quantitative estimate of drug-likeness (QED) is 0.700. The fourth-order valence-corrected chi connectivity index (χ4v) is 3.49. The summed E-state index contributed by atoms with van der Waals surface area (Å²) in [5, 5.41) is 1.02. The fourth-order valence-electron chi connectivity index (χ4n) is 3.32. The standard InChI is InChI=1S/C20H19ClN2O3/c1-3-25-18-7-13-6-12(2)26-19(13)8-14(18)10-23-11-22-17-5-4-15(21)9-16(17)20(23)24/h4-5,7-9,11-12H,3,6,10H2,1-2H3. The molecule has 5 nitrogen and oxygen atoms in total. The molecule has 0 radical (unpaired) electrons. The molecule has 1 aromatic heterocycles. The summed E-state index contributed by atoms with van der Waals surface area (Å²) < 4.78 is 13.2. The first kappa shape index (κ1) is 16.9. The van der Waals surface area contributed by atoms with E-state index in [-0.39, 0.29) is 11.7 Å². The summed E-state index contributed by atoms with van der Waals surface area (Å²) in [6, 6.07) is 9.12. The van der Waals surface area contributed by atoms with Gasteiger partial charge in [-0.2, -0.15) is 0 Å². The van der Waals surface area contributed by atoms with E-state index < -0.39 is 0 Å². The Balaban J connectivity index is 1.77. The maximum Gasteiger partial charge on any atom is 0.261 e. The number of halogens is 1. The van der Waals surface area contributed by atoms with Gasteiger partial charge in [0, 0.05) is 22.6 Å². The molecule has 0 saturated carbocycles. The summed E-state index contributed by atoms with van der Waals surface area (Å²) in [6.45, 7) is 4.90. The monoisotopic (exact) mass is 370 g/mol. The molecular formula is C20H19ClN2O3. The highest BCUT2D eigenvalue weighted by atomic mass is 35.5. The lowest BCUT2D eigenvalue weighted by atomic mass is 10.1. The SMILES string of the molecule is CCOc1cc2c(cc1Cn1cnc3ccc(Cl)cc3c1=O)OC(C)C2. The second-order valence-corrected chi connectivity index (χ2v) is 6.91. The summed E-state index contributed by atoms with van der Waals surface area (Å²) >= 11 is 6.03. The highest BCUT2D eigenvalue weighted by molar-refractivity contribution is 6.31. The maximum atomic E-state index is 12.8. The Morgan fingerprint density at radius 3 is 3.00 bits per heavy atom. The van der Waals surface area contributed by atoms with Gasteiger partial charge in [0.05, 0.1) is 30.4 Å². The molecule has 134 valence electrons. The van der Waals surface area contributed by atoms with Crippen LogP contribution in [-0.4, -0.2) is 22.3 Å². The van der Waals surface area contributed by atoms with E-state index in [9.17, 15) is 4.79 Å². The second kappa shape index (κ2) is 6.65. The van der Waals surface area contributed by atoms with Crippen LogP contribution >= 0.6 is 11.6 Å². The summed E-state index contributed by atoms with van der Waals surface area (Å²) in [6.07, 6.45) is 2.58. The van der Waals surface area contributed by atoms with Gasteiger partial charge in [-0.05, 0) is 44.2 Å². The molecule has 0 amide bonds. The molecule has 1 unspecified atom stereocenters. The molecule has 0 spiro atoms. The van der Waals surface area contributed by atoms with E-state index in [1.54, 1.807) is 29.1 Å². The van der Waals surface area contributed by atoms with Crippen molar-refractivity contribution in [3.05, 3.63) is 63.2 Å². The van der Waals surface area contributed by atoms with E-state index in [1.807, 2.05) is 26.0 Å². The molecule has 3 aromatic rings. The number of nitrogens with zero attached hydrogens (tertiary/aromatic N) is 2. The van der Waals surface area contributed by atoms with Crippen molar-refractivity contribution >= 4 is 22.5 Å². The van der Waals surface area contributed by atoms with Crippen LogP contribution in [0.15, 0.2) is 41.5 Å². The van der Waals surface area contributed by atoms with Gasteiger partial charge in [0.15, 0.2) is 0 Å². The number of hydrogen-bond donors (Lipinski definition) is 0. The van der Waals surface area contributed by atoms with E-state index in [0.717, 1.165) is 29.0 Å². The lowest BCUT2D eigenvalue weighted by Crippen LogP contribution is -2.21. The van der Waals surface area contributed by atoms with Crippen molar-refractivity contribution in [2.24, 2.45) is 0 Å². The molecule has 2 heterocycles. The van der Waals surface area contributed by atoms with Gasteiger partial charge in [-0.1, -0.05) is 11.6 Å². The minimum atomic E-state index is -0.130. The van der Waals surface area contributed by atoms with Gasteiger partial charge < -0.3 is 9.47 Å². The van der Waals surface area contributed by atoms with Crippen LogP contribution in [0.1, 0.15) is 25.0 Å². The normalized spacial score (nSPS) is 15.7. The van der Waals surface area contributed by atoms with Gasteiger partial charge in [0.2, 0.25) is 0 Å². The molecule has 6 heteroatoms. The van der Waals surface area contributed by atoms with Crippen LogP contribution in [0.5, 0.6) is 11.5 Å². The number of fused-ring (bicyclic) bond motifs is 2. The Morgan fingerprint density at radius 2 is 2.19 bits per heavy atom. The molecule has 0 saturated heterocycles. The Bertz CT molecular complexity index is 1050. The van der Waals surface area contributed by atoms with E-state index in [4.69, 9.17) is 21.1 Å². The first-order valence-electron chi connectivity index (χ1n) is 8.65. The van der Waals surface area contributed by atoms with Crippen LogP contribution in [0.3, 0.4) is 0 Å². The van der Waals surface area contributed by atoms with Crippen molar-refractivity contribution < 1.29 is 9.47 Å². The van der Waals surface area contributed by atoms with Gasteiger partial charge in [-0.15, -0.1) is 0 Å². The van der Waals surface area contributed by atoms with Crippen LogP contribution in [0, 0.1) is 0 Å². The van der Waals surface area contributed by atoms with Crippen molar-refractivity contribution in [1.29, 1.82) is 0 Å². The molecule has 1 atom stereocenters. The Morgan fingerprint density at radius 1 is 1.35 bits per heavy atom. The minimum Gasteiger partial charge on any atom is -0.494 e. The molecule has 0 fully saturated rings. The van der Waals surface area contributed by atoms with Gasteiger partial charge in [-0.3, -0.25) is 9.36 Å². The summed E-state index contributed by atoms with van der Waals surface area (Å²) in [4.78, 5) is 17.2. The summed E-state index contributed by atoms with van der Waals surface area (Å²) in [5.41, 5.74) is 2.53. The molecule has 1 aliphatic rings. The third kappa shape index (κ3) is 3.03. The smallest absolute Gasteiger partial charge is 0.261 e. The average Bonchev–Trinajstić information content (AvgIpc) is 2.97. The van der Waals surface area contributed by atoms with E-state index in [0.29, 0.717) is 29.1 Å². The average molecular weight is 371 g/mol. The molecule has 0 aliphatic carbocycles. The summed E-state index contributed by atoms with van der Waals surface area (Å²) in [7, 11) is 0. The van der Waals surface area contributed by atoms with E-state index in [1.165, 1.54) is 0 Å². The van der Waals surface area contributed by atoms with Crippen LogP contribution in [-0.2, 0) is 13.0 Å². The Kier molecular flexibility index (Phi) is 4.32. The lowest BCUT2D eigenvalue weighted by Gasteiger charge is -2.14. The van der Waals surface area contributed by atoms with Gasteiger partial charge in [0.25, 0.3) is 5.56 Å². The van der Waals surface area contributed by atoms with Crippen molar-refractivity contribution in [3.63, 3.8) is 0 Å². The van der Waals surface area contributed by atoms with Crippen LogP contribution < -0.4 is 15.0 Å². The van der Waals surface area contributed by atoms with Gasteiger partial charge in [0.1, 0.15) is 17.6 Å². The van der Waals surface area contributed by atoms with E-state index in [2.05, 4.69) is 4.98 Å². The molecule has 0 N–H and O–H groups in total. The maximum absolute atomic E-state index is 12.8. The number of rotatable bonds is 4. The Labute approximate surface area is 156 Å². The second-order valence-electron chi connectivity index (χ2n) is 6.47. The number of hydrogen-bond acceptors (Lipinski definition) is 4. The Hall–Kier alpha value is -2.53. The van der Waals surface area contributed by atoms with Crippen molar-refractivity contribution in [1.82, 2.24) is 9.55 Å². The lowest BCUT2D eigenvalue weighted by molar-refractivity contribution is 0.254. The zero-order valence-corrected chi connectivity index (χ0v) is 15.4. The van der Waals surface area contributed by atoms with Crippen LogP contribution in [0.4, 0.5) is 0 Å². The summed E-state index contributed by atoms with van der Waals surface area (Å²) in [5.74, 6) is 1.64. The topological polar surface area (TPSA) is 53.4 Å². The van der Waals surface area contributed by atoms with Crippen molar-refractivity contribution in [2.75, 3.05) is 6.61 Å². The highest BCUT2D eigenvalue weighted by Crippen LogP contribution is 2.35. The fraction of sp³-hybridized carbons (Fsp3) is 0.300. The predicted octanol–water partition coefficient (Wildman–Crippen LogP) is 3.82. The molecule has 4 rings (SSSR count). The number of benzene rings is 2. The van der Waals surface area contributed by atoms with Crippen molar-refractivity contribution in [3.8, 4) is 11.5 Å². The molecule has 26 heavy (non-hydrogen) atoms. The number of ether oxygens (including phenoxy) is 2. The molecule has 2 aromatic carbocycles. The zero-order chi connectivity index (χ0) is 18.3. The first-order chi connectivity index (χ1) is 12.5. The van der Waals surface area contributed by atoms with Gasteiger partial charge in [-0.25, -0.2) is 4.98 Å². The van der Waals surface area contributed by atoms with Crippen LogP contribution in [0.2, 0.25) is 5.02 Å². The third-order valence-electron chi connectivity index (χ3n) is 4.51. The molecular weight excluding hydrogens is 352 g/mol. The van der Waals surface area contributed by atoms with Crippen molar-refractivity contribution in [2.45, 2.75) is 32.9 Å². The van der Waals surface area contributed by atoms with Crippen LogP contribution in [0.25, 0.3) is 10.9 Å². The third-order valence-corrected chi connectivity index (χ3v) is 4.74. The zero-order valence-electron chi connectivity index (χ0n) is 14.7. The largest absolute Gasteiger partial charge is 0.494 e. The minimum absolute atomic E-state index is 0.130. The highest BCUT2D eigenvalue weighted by Gasteiger charge is 2.22. The van der Waals surface area contributed by atoms with Gasteiger partial charge >= 0.3 is 0 Å². The number of aromatic nitrogens is 2. The van der Waals surface area contributed by atoms with E-state index >= 15 is 0 Å². The molecule has 1 aliphatic heterocycles. The predicted molar refractivity (Wildman–Crippen MR) is 102 cm³/mol. The molecule has 0 bridgehead atoms.